The number of carbonyl (C=O) groups excluding carboxylic acids is 2. The van der Waals surface area contributed by atoms with Crippen molar-refractivity contribution in [3.63, 3.8) is 0 Å². The molecule has 1 aromatic carbocycles. The molecule has 1 aromatic heterocycles. The van der Waals surface area contributed by atoms with Crippen LogP contribution < -0.4 is 14.9 Å². The van der Waals surface area contributed by atoms with Crippen LogP contribution in [0.3, 0.4) is 0 Å². The number of nitrogens with one attached hydrogen (secondary N) is 1. The second-order valence-electron chi connectivity index (χ2n) is 6.18. The third-order valence-corrected chi connectivity index (χ3v) is 6.31. The highest BCUT2D eigenvalue weighted by Crippen LogP contribution is 2.34. The zero-order valence-electron chi connectivity index (χ0n) is 16.1. The quantitative estimate of drug-likeness (QED) is 0.498. The summed E-state index contributed by atoms with van der Waals surface area (Å²) in [4.78, 5) is 25.9. The van der Waals surface area contributed by atoms with E-state index in [1.54, 1.807) is 36.8 Å². The summed E-state index contributed by atoms with van der Waals surface area (Å²) in [6, 6.07) is 8.91. The Morgan fingerprint density at radius 2 is 2.14 bits per heavy atom. The number of methoxy groups -OCH3 is 1. The Hall–Kier alpha value is -2.36. The van der Waals surface area contributed by atoms with Gasteiger partial charge in [0.15, 0.2) is 15.8 Å². The van der Waals surface area contributed by atoms with Gasteiger partial charge in [0.2, 0.25) is 0 Å². The molecule has 29 heavy (non-hydrogen) atoms. The molecular formula is C20H20N2O4S3. The van der Waals surface area contributed by atoms with E-state index >= 15 is 0 Å². The van der Waals surface area contributed by atoms with Gasteiger partial charge in [0.1, 0.15) is 0 Å². The van der Waals surface area contributed by atoms with Crippen LogP contribution in [0.4, 0.5) is 0 Å². The minimum Gasteiger partial charge on any atom is -0.493 e. The number of thiocarbonyl (C=S) groups is 1. The maximum absolute atomic E-state index is 12.7. The summed E-state index contributed by atoms with van der Waals surface area (Å²) in [5.74, 6) is 0.491. The second kappa shape index (κ2) is 9.43. The Kier molecular flexibility index (Phi) is 6.94. The Balaban J connectivity index is 1.77. The first kappa shape index (κ1) is 21.4. The van der Waals surface area contributed by atoms with Gasteiger partial charge in [-0.15, -0.1) is 11.3 Å². The number of thiophene rings is 1. The third-order valence-electron chi connectivity index (χ3n) is 4.14. The summed E-state index contributed by atoms with van der Waals surface area (Å²) in [5.41, 5.74) is 3.33. The highest BCUT2D eigenvalue weighted by molar-refractivity contribution is 8.26. The number of nitrogens with zero attached hydrogens (tertiary/aromatic N) is 1. The van der Waals surface area contributed by atoms with Crippen molar-refractivity contribution in [3.8, 4) is 11.5 Å². The van der Waals surface area contributed by atoms with Crippen molar-refractivity contribution < 1.29 is 19.1 Å². The van der Waals surface area contributed by atoms with Gasteiger partial charge in [-0.1, -0.05) is 30.8 Å². The first-order chi connectivity index (χ1) is 13.9. The Labute approximate surface area is 182 Å². The Bertz CT molecular complexity index is 957. The van der Waals surface area contributed by atoms with E-state index in [4.69, 9.17) is 21.7 Å². The van der Waals surface area contributed by atoms with Crippen LogP contribution in [-0.2, 0) is 4.79 Å². The minimum absolute atomic E-state index is 0.0676. The molecule has 9 heteroatoms. The summed E-state index contributed by atoms with van der Waals surface area (Å²) in [6.07, 6.45) is 2.66. The lowest BCUT2D eigenvalue weighted by molar-refractivity contribution is -0.123. The molecule has 152 valence electrons. The van der Waals surface area contributed by atoms with Crippen LogP contribution in [0.5, 0.6) is 11.5 Å². The van der Waals surface area contributed by atoms with Crippen LogP contribution in [0.15, 0.2) is 40.6 Å². The van der Waals surface area contributed by atoms with Gasteiger partial charge in [-0.05, 0) is 60.8 Å². The fourth-order valence-corrected chi connectivity index (χ4v) is 4.24. The molecule has 0 aliphatic carbocycles. The van der Waals surface area contributed by atoms with Crippen LogP contribution >= 0.6 is 35.3 Å². The standard InChI is InChI=1S/C20H20N2O4S3/c1-4-12(2)26-14-8-7-13(10-15(14)25-3)11-17-19(24)22(20(27)29-17)21-18(23)16-6-5-9-28-16/h5-12H,4H2,1-3H3,(H,21,23)/b17-11-/t12-/m1/s1. The smallest absolute Gasteiger partial charge is 0.285 e. The van der Waals surface area contributed by atoms with Gasteiger partial charge in [-0.3, -0.25) is 15.0 Å². The van der Waals surface area contributed by atoms with Crippen molar-refractivity contribution in [2.24, 2.45) is 0 Å². The highest BCUT2D eigenvalue weighted by atomic mass is 32.2. The number of carbonyl (C=O) groups is 2. The number of thioether (sulfide) groups is 1. The number of amides is 2. The van der Waals surface area contributed by atoms with Gasteiger partial charge in [-0.2, -0.15) is 5.01 Å². The predicted octanol–water partition coefficient (Wildman–Crippen LogP) is 4.48. The lowest BCUT2D eigenvalue weighted by Gasteiger charge is -2.16. The topological polar surface area (TPSA) is 67.9 Å². The fraction of sp³-hybridized carbons (Fsp3) is 0.250. The molecule has 0 spiro atoms. The summed E-state index contributed by atoms with van der Waals surface area (Å²) in [6.45, 7) is 4.04. The van der Waals surface area contributed by atoms with E-state index in [-0.39, 0.29) is 22.2 Å². The molecule has 1 atom stereocenters. The zero-order chi connectivity index (χ0) is 21.0. The largest absolute Gasteiger partial charge is 0.493 e. The number of hydrogen-bond donors (Lipinski definition) is 1. The van der Waals surface area contributed by atoms with Crippen LogP contribution in [0, 0.1) is 0 Å². The SMILES string of the molecule is CC[C@@H](C)Oc1ccc(/C=C2\SC(=S)N(NC(=O)c3cccs3)C2=O)cc1OC. The van der Waals surface area contributed by atoms with Gasteiger partial charge < -0.3 is 9.47 Å². The van der Waals surface area contributed by atoms with Gasteiger partial charge >= 0.3 is 0 Å². The number of ether oxygens (including phenoxy) is 2. The molecular weight excluding hydrogens is 428 g/mol. The summed E-state index contributed by atoms with van der Waals surface area (Å²) in [7, 11) is 1.57. The molecule has 1 aliphatic rings. The van der Waals surface area contributed by atoms with E-state index in [9.17, 15) is 9.59 Å². The molecule has 2 amide bonds. The van der Waals surface area contributed by atoms with Crippen molar-refractivity contribution in [3.05, 3.63) is 51.1 Å². The van der Waals surface area contributed by atoms with Crippen molar-refractivity contribution in [2.75, 3.05) is 7.11 Å². The number of hydrogen-bond acceptors (Lipinski definition) is 7. The maximum atomic E-state index is 12.7. The fourth-order valence-electron chi connectivity index (χ4n) is 2.45. The Morgan fingerprint density at radius 1 is 1.34 bits per heavy atom. The molecule has 0 radical (unpaired) electrons. The first-order valence-electron chi connectivity index (χ1n) is 8.90. The summed E-state index contributed by atoms with van der Waals surface area (Å²) < 4.78 is 11.5. The number of benzene rings is 1. The van der Waals surface area contributed by atoms with Crippen LogP contribution in [0.25, 0.3) is 6.08 Å². The van der Waals surface area contributed by atoms with Crippen LogP contribution in [-0.4, -0.2) is 34.4 Å². The average Bonchev–Trinajstić information content (AvgIpc) is 3.34. The average molecular weight is 449 g/mol. The van der Waals surface area contributed by atoms with E-state index in [0.29, 0.717) is 21.3 Å². The van der Waals surface area contributed by atoms with E-state index < -0.39 is 0 Å². The van der Waals surface area contributed by atoms with Crippen molar-refractivity contribution in [2.45, 2.75) is 26.4 Å². The monoisotopic (exact) mass is 448 g/mol. The molecule has 3 rings (SSSR count). The molecule has 0 unspecified atom stereocenters. The van der Waals surface area contributed by atoms with Gasteiger partial charge in [0.25, 0.3) is 11.8 Å². The van der Waals surface area contributed by atoms with Crippen molar-refractivity contribution in [1.29, 1.82) is 0 Å². The van der Waals surface area contributed by atoms with Crippen molar-refractivity contribution >= 4 is 57.5 Å². The lowest BCUT2D eigenvalue weighted by Crippen LogP contribution is -2.44. The molecule has 2 aromatic rings. The number of hydrazine groups is 1. The van der Waals surface area contributed by atoms with E-state index in [1.165, 1.54) is 11.3 Å². The zero-order valence-corrected chi connectivity index (χ0v) is 18.6. The molecule has 1 saturated heterocycles. The molecule has 1 N–H and O–H groups in total. The predicted molar refractivity (Wildman–Crippen MR) is 120 cm³/mol. The minimum atomic E-state index is -0.371. The second-order valence-corrected chi connectivity index (χ2v) is 8.81. The normalized spacial score (nSPS) is 16.2. The molecule has 1 aliphatic heterocycles. The van der Waals surface area contributed by atoms with Crippen LogP contribution in [0.1, 0.15) is 35.5 Å². The van der Waals surface area contributed by atoms with Crippen molar-refractivity contribution in [1.82, 2.24) is 10.4 Å². The Morgan fingerprint density at radius 3 is 2.79 bits per heavy atom. The van der Waals surface area contributed by atoms with Gasteiger partial charge in [0, 0.05) is 0 Å². The first-order valence-corrected chi connectivity index (χ1v) is 11.0. The number of rotatable bonds is 7. The van der Waals surface area contributed by atoms with E-state index in [0.717, 1.165) is 28.8 Å². The van der Waals surface area contributed by atoms with E-state index in [1.807, 2.05) is 26.0 Å². The third kappa shape index (κ3) is 4.98. The molecule has 6 nitrogen and oxygen atoms in total. The van der Waals surface area contributed by atoms with Gasteiger partial charge in [-0.25, -0.2) is 0 Å². The molecule has 2 heterocycles. The highest BCUT2D eigenvalue weighted by Gasteiger charge is 2.34. The lowest BCUT2D eigenvalue weighted by atomic mass is 10.2. The molecule has 1 fully saturated rings. The summed E-state index contributed by atoms with van der Waals surface area (Å²) >= 11 is 7.68. The molecule has 0 saturated carbocycles. The van der Waals surface area contributed by atoms with Gasteiger partial charge in [0.05, 0.1) is 23.0 Å². The van der Waals surface area contributed by atoms with Crippen LogP contribution in [0.2, 0.25) is 0 Å². The van der Waals surface area contributed by atoms with E-state index in [2.05, 4.69) is 5.43 Å². The summed E-state index contributed by atoms with van der Waals surface area (Å²) in [5, 5.41) is 2.90. The molecule has 0 bridgehead atoms. The maximum Gasteiger partial charge on any atom is 0.285 e.